The lowest BCUT2D eigenvalue weighted by Gasteiger charge is -2.14. The third-order valence-electron chi connectivity index (χ3n) is 2.72. The molecule has 6 heteroatoms. The average molecular weight is 280 g/mol. The van der Waals surface area contributed by atoms with E-state index >= 15 is 0 Å². The monoisotopic (exact) mass is 280 g/mol. The van der Waals surface area contributed by atoms with Crippen LogP contribution in [0.2, 0.25) is 0 Å². The van der Waals surface area contributed by atoms with Gasteiger partial charge in [-0.3, -0.25) is 0 Å². The summed E-state index contributed by atoms with van der Waals surface area (Å²) in [5.41, 5.74) is 2.29. The Morgan fingerprint density at radius 3 is 2.75 bits per heavy atom. The summed E-state index contributed by atoms with van der Waals surface area (Å²) >= 11 is 0. The van der Waals surface area contributed by atoms with Crippen LogP contribution in [0.4, 0.5) is 4.79 Å². The number of carboxylic acid groups (broad SMARTS) is 1. The number of benzene rings is 1. The number of aryl methyl sites for hydroxylation is 1. The van der Waals surface area contributed by atoms with Gasteiger partial charge >= 0.3 is 12.0 Å². The Hall–Kier alpha value is -2.08. The number of amides is 2. The summed E-state index contributed by atoms with van der Waals surface area (Å²) < 4.78 is 4.73. The predicted molar refractivity (Wildman–Crippen MR) is 74.7 cm³/mol. The molecule has 110 valence electrons. The molecule has 0 bridgehead atoms. The minimum atomic E-state index is -1.12. The molecule has 2 amide bonds. The van der Waals surface area contributed by atoms with Crippen molar-refractivity contribution in [2.24, 2.45) is 0 Å². The summed E-state index contributed by atoms with van der Waals surface area (Å²) in [7, 11) is 1.38. The molecule has 6 nitrogen and oxygen atoms in total. The molecule has 1 unspecified atom stereocenters. The number of carbonyl (C=O) groups excluding carboxylic acids is 1. The van der Waals surface area contributed by atoms with Crippen molar-refractivity contribution < 1.29 is 19.4 Å². The topological polar surface area (TPSA) is 87.7 Å². The van der Waals surface area contributed by atoms with Gasteiger partial charge in [-0.15, -0.1) is 0 Å². The molecule has 0 aliphatic rings. The van der Waals surface area contributed by atoms with E-state index in [0.717, 1.165) is 11.1 Å². The Balaban J connectivity index is 2.34. The quantitative estimate of drug-likeness (QED) is 0.693. The van der Waals surface area contributed by atoms with Gasteiger partial charge in [0, 0.05) is 13.7 Å². The van der Waals surface area contributed by atoms with Gasteiger partial charge in [0.2, 0.25) is 0 Å². The number of rotatable bonds is 7. The van der Waals surface area contributed by atoms with E-state index in [-0.39, 0.29) is 6.61 Å². The number of nitrogens with one attached hydrogen (secondary N) is 2. The van der Waals surface area contributed by atoms with Crippen LogP contribution in [-0.4, -0.2) is 43.4 Å². The van der Waals surface area contributed by atoms with Crippen LogP contribution in [-0.2, 0) is 16.0 Å². The molecule has 1 aromatic rings. The molecule has 1 atom stereocenters. The summed E-state index contributed by atoms with van der Waals surface area (Å²) in [6.45, 7) is 2.38. The molecule has 0 radical (unpaired) electrons. The van der Waals surface area contributed by atoms with E-state index in [1.165, 1.54) is 7.11 Å². The maximum Gasteiger partial charge on any atom is 0.328 e. The fourth-order valence-electron chi connectivity index (χ4n) is 1.74. The van der Waals surface area contributed by atoms with Crippen molar-refractivity contribution in [3.8, 4) is 0 Å². The Labute approximate surface area is 118 Å². The van der Waals surface area contributed by atoms with Gasteiger partial charge in [0.15, 0.2) is 6.04 Å². The third kappa shape index (κ3) is 5.71. The number of aliphatic carboxylic acids is 1. The maximum absolute atomic E-state index is 11.5. The lowest BCUT2D eigenvalue weighted by molar-refractivity contribution is -0.140. The standard InChI is InChI=1S/C14H20N2O4/c1-10-4-3-5-11(8-10)6-7-15-14(19)16-12(9-20-2)13(17)18/h3-5,8,12H,6-7,9H2,1-2H3,(H,17,18)(H2,15,16,19). The summed E-state index contributed by atoms with van der Waals surface area (Å²) in [5, 5.41) is 13.8. The number of carbonyl (C=O) groups is 2. The first kappa shape index (κ1) is 16.0. The Morgan fingerprint density at radius 2 is 2.15 bits per heavy atom. The minimum Gasteiger partial charge on any atom is -0.480 e. The van der Waals surface area contributed by atoms with Gasteiger partial charge in [-0.05, 0) is 18.9 Å². The molecule has 0 aliphatic carbocycles. The van der Waals surface area contributed by atoms with Crippen molar-refractivity contribution in [1.82, 2.24) is 10.6 Å². The van der Waals surface area contributed by atoms with Crippen LogP contribution in [0.25, 0.3) is 0 Å². The fraction of sp³-hybridized carbons (Fsp3) is 0.429. The first-order valence-electron chi connectivity index (χ1n) is 6.34. The molecule has 0 saturated heterocycles. The molecule has 0 aromatic heterocycles. The highest BCUT2D eigenvalue weighted by molar-refractivity contribution is 5.82. The molecule has 0 spiro atoms. The van der Waals surface area contributed by atoms with Gasteiger partial charge in [0.05, 0.1) is 6.61 Å². The smallest absolute Gasteiger partial charge is 0.328 e. The van der Waals surface area contributed by atoms with Gasteiger partial charge in [-0.25, -0.2) is 9.59 Å². The number of urea groups is 1. The highest BCUT2D eigenvalue weighted by atomic mass is 16.5. The van der Waals surface area contributed by atoms with Gasteiger partial charge in [0.25, 0.3) is 0 Å². The second kappa shape index (κ2) is 8.16. The zero-order valence-electron chi connectivity index (χ0n) is 11.7. The molecular weight excluding hydrogens is 260 g/mol. The summed E-state index contributed by atoms with van der Waals surface area (Å²) in [6, 6.07) is 6.44. The Morgan fingerprint density at radius 1 is 1.40 bits per heavy atom. The summed E-state index contributed by atoms with van der Waals surface area (Å²) in [4.78, 5) is 22.4. The lowest BCUT2D eigenvalue weighted by Crippen LogP contribution is -2.48. The van der Waals surface area contributed by atoms with Crippen LogP contribution in [0.3, 0.4) is 0 Å². The first-order chi connectivity index (χ1) is 9.52. The van der Waals surface area contributed by atoms with Crippen molar-refractivity contribution in [1.29, 1.82) is 0 Å². The Bertz CT molecular complexity index is 462. The SMILES string of the molecule is COCC(NC(=O)NCCc1cccc(C)c1)C(=O)O. The van der Waals surface area contributed by atoms with Crippen LogP contribution < -0.4 is 10.6 Å². The minimum absolute atomic E-state index is 0.0688. The maximum atomic E-state index is 11.5. The zero-order chi connectivity index (χ0) is 15.0. The predicted octanol–water partition coefficient (Wildman–Crippen LogP) is 0.936. The number of hydrogen-bond donors (Lipinski definition) is 3. The largest absolute Gasteiger partial charge is 0.480 e. The molecule has 0 aliphatic heterocycles. The number of methoxy groups -OCH3 is 1. The van der Waals surface area contributed by atoms with E-state index < -0.39 is 18.0 Å². The van der Waals surface area contributed by atoms with Gasteiger partial charge in [-0.1, -0.05) is 29.8 Å². The molecule has 20 heavy (non-hydrogen) atoms. The molecular formula is C14H20N2O4. The number of ether oxygens (including phenoxy) is 1. The number of hydrogen-bond acceptors (Lipinski definition) is 3. The first-order valence-corrected chi connectivity index (χ1v) is 6.34. The number of carboxylic acids is 1. The highest BCUT2D eigenvalue weighted by Crippen LogP contribution is 2.03. The van der Waals surface area contributed by atoms with Crippen molar-refractivity contribution in [3.63, 3.8) is 0 Å². The van der Waals surface area contributed by atoms with Crippen molar-refractivity contribution in [2.75, 3.05) is 20.3 Å². The highest BCUT2D eigenvalue weighted by Gasteiger charge is 2.19. The van der Waals surface area contributed by atoms with Crippen LogP contribution >= 0.6 is 0 Å². The van der Waals surface area contributed by atoms with E-state index in [9.17, 15) is 9.59 Å². The summed E-state index contributed by atoms with van der Waals surface area (Å²) in [5.74, 6) is -1.12. The van der Waals surface area contributed by atoms with Gasteiger partial charge in [-0.2, -0.15) is 0 Å². The molecule has 0 heterocycles. The zero-order valence-corrected chi connectivity index (χ0v) is 11.7. The van der Waals surface area contributed by atoms with Crippen molar-refractivity contribution in [3.05, 3.63) is 35.4 Å². The normalized spacial score (nSPS) is 11.7. The Kier molecular flexibility index (Phi) is 6.52. The second-order valence-electron chi connectivity index (χ2n) is 4.49. The van der Waals surface area contributed by atoms with E-state index in [4.69, 9.17) is 9.84 Å². The van der Waals surface area contributed by atoms with Gasteiger partial charge in [0.1, 0.15) is 0 Å². The van der Waals surface area contributed by atoms with E-state index in [0.29, 0.717) is 13.0 Å². The van der Waals surface area contributed by atoms with E-state index in [1.807, 2.05) is 31.2 Å². The van der Waals surface area contributed by atoms with Crippen LogP contribution in [0.1, 0.15) is 11.1 Å². The fourth-order valence-corrected chi connectivity index (χ4v) is 1.74. The molecule has 0 saturated carbocycles. The van der Waals surface area contributed by atoms with E-state index in [1.54, 1.807) is 0 Å². The molecule has 1 aromatic carbocycles. The molecule has 0 fully saturated rings. The van der Waals surface area contributed by atoms with Crippen LogP contribution in [0, 0.1) is 6.92 Å². The van der Waals surface area contributed by atoms with Crippen molar-refractivity contribution >= 4 is 12.0 Å². The van der Waals surface area contributed by atoms with Crippen molar-refractivity contribution in [2.45, 2.75) is 19.4 Å². The van der Waals surface area contributed by atoms with Crippen LogP contribution in [0.15, 0.2) is 24.3 Å². The average Bonchev–Trinajstić information content (AvgIpc) is 2.38. The van der Waals surface area contributed by atoms with E-state index in [2.05, 4.69) is 10.6 Å². The summed E-state index contributed by atoms with van der Waals surface area (Å²) in [6.07, 6.45) is 0.692. The lowest BCUT2D eigenvalue weighted by atomic mass is 10.1. The second-order valence-corrected chi connectivity index (χ2v) is 4.49. The molecule has 1 rings (SSSR count). The molecule has 3 N–H and O–H groups in total. The van der Waals surface area contributed by atoms with Gasteiger partial charge < -0.3 is 20.5 Å². The van der Waals surface area contributed by atoms with Crippen LogP contribution in [0.5, 0.6) is 0 Å². The third-order valence-corrected chi connectivity index (χ3v) is 2.72.